The molecule has 6 heteroatoms. The number of thioether (sulfide) groups is 1. The van der Waals surface area contributed by atoms with Crippen LogP contribution >= 0.6 is 11.8 Å². The minimum absolute atomic E-state index is 0.260. The second-order valence-electron chi connectivity index (χ2n) is 3.35. The highest BCUT2D eigenvalue weighted by atomic mass is 32.2. The van der Waals surface area contributed by atoms with Crippen molar-refractivity contribution in [3.8, 4) is 0 Å². The van der Waals surface area contributed by atoms with E-state index in [9.17, 15) is 9.59 Å². The number of hydrogen-bond donors (Lipinski definition) is 2. The minimum Gasteiger partial charge on any atom is -0.480 e. The molecular formula is C9H16N2O3S. The van der Waals surface area contributed by atoms with Crippen LogP contribution in [0.3, 0.4) is 0 Å². The van der Waals surface area contributed by atoms with Crippen molar-refractivity contribution in [1.29, 1.82) is 0 Å². The molecule has 1 atom stereocenters. The third-order valence-corrected chi connectivity index (χ3v) is 3.24. The Morgan fingerprint density at radius 1 is 1.47 bits per heavy atom. The zero-order valence-corrected chi connectivity index (χ0v) is 9.55. The van der Waals surface area contributed by atoms with Crippen LogP contribution < -0.4 is 5.32 Å². The molecule has 1 saturated heterocycles. The van der Waals surface area contributed by atoms with Crippen molar-refractivity contribution < 1.29 is 14.7 Å². The van der Waals surface area contributed by atoms with E-state index in [1.807, 2.05) is 11.8 Å². The van der Waals surface area contributed by atoms with Crippen LogP contribution in [-0.2, 0) is 4.79 Å². The predicted molar refractivity (Wildman–Crippen MR) is 59.1 cm³/mol. The van der Waals surface area contributed by atoms with Gasteiger partial charge in [0, 0.05) is 24.6 Å². The summed E-state index contributed by atoms with van der Waals surface area (Å²) in [5.74, 6) is 0.881. The number of carboxylic acid groups (broad SMARTS) is 1. The lowest BCUT2D eigenvalue weighted by Gasteiger charge is -2.27. The van der Waals surface area contributed by atoms with Crippen molar-refractivity contribution in [1.82, 2.24) is 10.2 Å². The Labute approximate surface area is 93.2 Å². The number of carbonyl (C=O) groups is 2. The Bertz CT molecular complexity index is 242. The Hall–Kier alpha value is -0.910. The number of carbonyl (C=O) groups excluding carboxylic acids is 1. The van der Waals surface area contributed by atoms with E-state index in [-0.39, 0.29) is 6.03 Å². The van der Waals surface area contributed by atoms with Gasteiger partial charge in [-0.3, -0.25) is 0 Å². The van der Waals surface area contributed by atoms with E-state index in [4.69, 9.17) is 5.11 Å². The third kappa shape index (κ3) is 3.62. The molecule has 1 fully saturated rings. The van der Waals surface area contributed by atoms with Gasteiger partial charge in [0.1, 0.15) is 6.04 Å². The fourth-order valence-electron chi connectivity index (χ4n) is 1.35. The number of aliphatic carboxylic acids is 1. The molecule has 0 radical (unpaired) electrons. The summed E-state index contributed by atoms with van der Waals surface area (Å²) in [6.45, 7) is 3.14. The van der Waals surface area contributed by atoms with Crippen LogP contribution in [0, 0.1) is 0 Å². The lowest BCUT2D eigenvalue weighted by Crippen LogP contribution is -2.50. The average Bonchev–Trinajstić information content (AvgIpc) is 2.26. The Morgan fingerprint density at radius 2 is 2.07 bits per heavy atom. The van der Waals surface area contributed by atoms with Crippen LogP contribution in [0.25, 0.3) is 0 Å². The van der Waals surface area contributed by atoms with E-state index in [0.717, 1.165) is 11.5 Å². The van der Waals surface area contributed by atoms with Gasteiger partial charge in [-0.1, -0.05) is 6.92 Å². The van der Waals surface area contributed by atoms with E-state index in [0.29, 0.717) is 19.5 Å². The molecule has 0 bridgehead atoms. The van der Waals surface area contributed by atoms with E-state index in [1.165, 1.54) is 0 Å². The quantitative estimate of drug-likeness (QED) is 0.748. The van der Waals surface area contributed by atoms with Gasteiger partial charge in [0.15, 0.2) is 0 Å². The average molecular weight is 232 g/mol. The van der Waals surface area contributed by atoms with Crippen molar-refractivity contribution in [3.05, 3.63) is 0 Å². The van der Waals surface area contributed by atoms with Crippen LogP contribution in [0.15, 0.2) is 0 Å². The number of amides is 2. The number of urea groups is 1. The van der Waals surface area contributed by atoms with E-state index in [1.54, 1.807) is 11.8 Å². The molecule has 0 aromatic rings. The standard InChI is InChI=1S/C9H16N2O3S/c1-2-7(8(12)13)10-9(14)11-3-5-15-6-4-11/h7H,2-6H2,1H3,(H,10,14)(H,12,13)/t7-/m0/s1. The lowest BCUT2D eigenvalue weighted by atomic mass is 10.2. The summed E-state index contributed by atoms with van der Waals surface area (Å²) in [5, 5.41) is 11.3. The second-order valence-corrected chi connectivity index (χ2v) is 4.57. The molecule has 0 aliphatic carbocycles. The number of nitrogens with one attached hydrogen (secondary N) is 1. The minimum atomic E-state index is -0.975. The lowest BCUT2D eigenvalue weighted by molar-refractivity contribution is -0.139. The number of carboxylic acids is 1. The maximum atomic E-state index is 11.6. The Kier molecular flexibility index (Phi) is 4.74. The molecule has 2 N–H and O–H groups in total. The smallest absolute Gasteiger partial charge is 0.326 e. The van der Waals surface area contributed by atoms with Crippen molar-refractivity contribution in [2.75, 3.05) is 24.6 Å². The molecule has 0 unspecified atom stereocenters. The summed E-state index contributed by atoms with van der Waals surface area (Å²) >= 11 is 1.81. The van der Waals surface area contributed by atoms with E-state index >= 15 is 0 Å². The van der Waals surface area contributed by atoms with Gasteiger partial charge in [0.2, 0.25) is 0 Å². The van der Waals surface area contributed by atoms with Crippen LogP contribution in [0.2, 0.25) is 0 Å². The van der Waals surface area contributed by atoms with Gasteiger partial charge in [-0.25, -0.2) is 9.59 Å². The van der Waals surface area contributed by atoms with Crippen LogP contribution in [0.5, 0.6) is 0 Å². The fourth-order valence-corrected chi connectivity index (χ4v) is 2.25. The SMILES string of the molecule is CC[C@H](NC(=O)N1CCSCC1)C(=O)O. The van der Waals surface area contributed by atoms with Crippen LogP contribution in [-0.4, -0.2) is 52.6 Å². The van der Waals surface area contributed by atoms with Crippen molar-refractivity contribution >= 4 is 23.8 Å². The normalized spacial score (nSPS) is 18.3. The van der Waals surface area contributed by atoms with Crippen molar-refractivity contribution in [2.45, 2.75) is 19.4 Å². The van der Waals surface area contributed by atoms with Crippen LogP contribution in [0.4, 0.5) is 4.79 Å². The molecule has 0 aromatic heterocycles. The van der Waals surface area contributed by atoms with Gasteiger partial charge in [-0.05, 0) is 6.42 Å². The van der Waals surface area contributed by atoms with Crippen molar-refractivity contribution in [3.63, 3.8) is 0 Å². The van der Waals surface area contributed by atoms with Gasteiger partial charge in [-0.15, -0.1) is 0 Å². The molecule has 5 nitrogen and oxygen atoms in total. The molecular weight excluding hydrogens is 216 g/mol. The molecule has 1 rings (SSSR count). The fraction of sp³-hybridized carbons (Fsp3) is 0.778. The first-order chi connectivity index (χ1) is 7.15. The Morgan fingerprint density at radius 3 is 2.53 bits per heavy atom. The molecule has 0 saturated carbocycles. The highest BCUT2D eigenvalue weighted by molar-refractivity contribution is 7.99. The maximum Gasteiger partial charge on any atom is 0.326 e. The van der Waals surface area contributed by atoms with Crippen LogP contribution in [0.1, 0.15) is 13.3 Å². The summed E-state index contributed by atoms with van der Waals surface area (Å²) in [4.78, 5) is 24.0. The Balaban J connectivity index is 2.42. The van der Waals surface area contributed by atoms with Gasteiger partial charge in [0.25, 0.3) is 0 Å². The molecule has 0 spiro atoms. The summed E-state index contributed by atoms with van der Waals surface area (Å²) < 4.78 is 0. The van der Waals surface area contributed by atoms with Crippen molar-refractivity contribution in [2.24, 2.45) is 0 Å². The maximum absolute atomic E-state index is 11.6. The highest BCUT2D eigenvalue weighted by Gasteiger charge is 2.22. The first-order valence-electron chi connectivity index (χ1n) is 5.01. The number of hydrogen-bond acceptors (Lipinski definition) is 3. The largest absolute Gasteiger partial charge is 0.480 e. The zero-order valence-electron chi connectivity index (χ0n) is 8.73. The molecule has 0 aromatic carbocycles. The highest BCUT2D eigenvalue weighted by Crippen LogP contribution is 2.09. The molecule has 1 aliphatic heterocycles. The van der Waals surface area contributed by atoms with E-state index < -0.39 is 12.0 Å². The molecule has 1 heterocycles. The zero-order chi connectivity index (χ0) is 11.3. The molecule has 1 aliphatic rings. The first kappa shape index (κ1) is 12.2. The van der Waals surface area contributed by atoms with Gasteiger partial charge in [0.05, 0.1) is 0 Å². The second kappa shape index (κ2) is 5.85. The first-order valence-corrected chi connectivity index (χ1v) is 6.16. The van der Waals surface area contributed by atoms with Gasteiger partial charge < -0.3 is 15.3 Å². The van der Waals surface area contributed by atoms with Gasteiger partial charge in [-0.2, -0.15) is 11.8 Å². The van der Waals surface area contributed by atoms with E-state index in [2.05, 4.69) is 5.32 Å². The summed E-state index contributed by atoms with van der Waals surface area (Å²) in [6, 6.07) is -1.03. The molecule has 15 heavy (non-hydrogen) atoms. The monoisotopic (exact) mass is 232 g/mol. The number of nitrogens with zero attached hydrogens (tertiary/aromatic N) is 1. The van der Waals surface area contributed by atoms with Gasteiger partial charge >= 0.3 is 12.0 Å². The molecule has 86 valence electrons. The molecule has 2 amide bonds. The topological polar surface area (TPSA) is 69.6 Å². The summed E-state index contributed by atoms with van der Waals surface area (Å²) in [5.41, 5.74) is 0. The number of rotatable bonds is 3. The summed E-state index contributed by atoms with van der Waals surface area (Å²) in [7, 11) is 0. The summed E-state index contributed by atoms with van der Waals surface area (Å²) in [6.07, 6.45) is 0.406. The third-order valence-electron chi connectivity index (χ3n) is 2.30. The predicted octanol–water partition coefficient (Wildman–Crippen LogP) is 0.608.